The van der Waals surface area contributed by atoms with Crippen LogP contribution in [0.2, 0.25) is 0 Å². The summed E-state index contributed by atoms with van der Waals surface area (Å²) in [7, 11) is -3.64. The molecule has 0 saturated carbocycles. The van der Waals surface area contributed by atoms with Crippen molar-refractivity contribution in [3.05, 3.63) is 54.1 Å². The predicted octanol–water partition coefficient (Wildman–Crippen LogP) is 3.44. The van der Waals surface area contributed by atoms with Crippen molar-refractivity contribution in [1.82, 2.24) is 10.2 Å². The molecule has 0 bridgehead atoms. The summed E-state index contributed by atoms with van der Waals surface area (Å²) in [4.78, 5) is 26.8. The van der Waals surface area contributed by atoms with Crippen LogP contribution in [-0.2, 0) is 24.4 Å². The quantitative estimate of drug-likeness (QED) is 0.525. The molecule has 0 aliphatic carbocycles. The van der Waals surface area contributed by atoms with Gasteiger partial charge >= 0.3 is 16.2 Å². The van der Waals surface area contributed by atoms with E-state index in [1.54, 1.807) is 51.1 Å². The lowest BCUT2D eigenvalue weighted by molar-refractivity contribution is -0.132. The molecule has 0 aromatic heterocycles. The Hall–Kier alpha value is -3.62. The molecule has 1 heterocycles. The van der Waals surface area contributed by atoms with E-state index in [-0.39, 0.29) is 18.8 Å². The van der Waals surface area contributed by atoms with Crippen LogP contribution in [0.5, 0.6) is 5.75 Å². The van der Waals surface area contributed by atoms with E-state index in [0.717, 1.165) is 17.4 Å². The molecule has 2 aromatic carbocycles. The van der Waals surface area contributed by atoms with Gasteiger partial charge in [0.2, 0.25) is 0 Å². The van der Waals surface area contributed by atoms with Crippen molar-refractivity contribution >= 4 is 22.1 Å². The van der Waals surface area contributed by atoms with Gasteiger partial charge in [-0.2, -0.15) is 13.7 Å². The minimum Gasteiger partial charge on any atom is -0.444 e. The fourth-order valence-corrected chi connectivity index (χ4v) is 4.29. The Morgan fingerprint density at radius 2 is 1.89 bits per heavy atom. The van der Waals surface area contributed by atoms with Crippen molar-refractivity contribution < 1.29 is 31.7 Å². The molecule has 1 aliphatic rings. The van der Waals surface area contributed by atoms with E-state index in [1.165, 1.54) is 4.90 Å². The minimum atomic E-state index is -3.64. The molecule has 1 saturated heterocycles. The molecule has 1 fully saturated rings. The molecule has 11 heteroatoms. The molecule has 1 N–H and O–H groups in total. The molecule has 2 amide bonds. The van der Waals surface area contributed by atoms with Gasteiger partial charge in [0.1, 0.15) is 11.4 Å². The van der Waals surface area contributed by atoms with Crippen molar-refractivity contribution in [2.45, 2.75) is 44.8 Å². The zero-order valence-corrected chi connectivity index (χ0v) is 22.8. The zero-order chi connectivity index (χ0) is 27.9. The van der Waals surface area contributed by atoms with Gasteiger partial charge in [-0.05, 0) is 56.0 Å². The average molecular weight is 544 g/mol. The highest BCUT2D eigenvalue weighted by atomic mass is 32.2. The van der Waals surface area contributed by atoms with Gasteiger partial charge in [-0.25, -0.2) is 4.79 Å². The summed E-state index contributed by atoms with van der Waals surface area (Å²) in [6.07, 6.45) is 0.200. The number of rotatable bonds is 7. The number of nitrogens with zero attached hydrogens (tertiary/aromatic N) is 2. The lowest BCUT2D eigenvalue weighted by Gasteiger charge is -2.27. The second-order valence-electron chi connectivity index (χ2n) is 10.0. The number of nitrogens with one attached hydrogen (secondary N) is 1. The highest BCUT2D eigenvalue weighted by Gasteiger charge is 2.30. The van der Waals surface area contributed by atoms with E-state index in [1.807, 2.05) is 18.2 Å². The molecule has 0 radical (unpaired) electrons. The van der Waals surface area contributed by atoms with E-state index < -0.39 is 39.7 Å². The van der Waals surface area contributed by atoms with E-state index >= 15 is 0 Å². The summed E-state index contributed by atoms with van der Waals surface area (Å²) in [5.74, 6) is -0.807. The first-order valence-corrected chi connectivity index (χ1v) is 14.0. The Morgan fingerprint density at radius 1 is 1.18 bits per heavy atom. The summed E-state index contributed by atoms with van der Waals surface area (Å²) in [5.41, 5.74) is 1.61. The molecular weight excluding hydrogens is 510 g/mol. The highest BCUT2D eigenvalue weighted by molar-refractivity contribution is 7.86. The summed E-state index contributed by atoms with van der Waals surface area (Å²) < 4.78 is 38.9. The standard InChI is InChI=1S/C27H33N3O7S/c1-27(2,3)36-26(32)30-13-6-14-35-24(18-30)25(31)29-17-22(16-28)20-11-9-19(10-12-20)21-7-5-8-23(15-21)37-38(4,33)34/h5,7-12,15,22,24H,6,13-14,17-18H2,1-4H3,(H,29,31)/t22?,24-/m0/s1. The van der Waals surface area contributed by atoms with Gasteiger partial charge in [-0.15, -0.1) is 0 Å². The Balaban J connectivity index is 1.62. The van der Waals surface area contributed by atoms with Gasteiger partial charge in [0.15, 0.2) is 6.10 Å². The maximum absolute atomic E-state index is 12.8. The maximum Gasteiger partial charge on any atom is 0.410 e. The van der Waals surface area contributed by atoms with E-state index in [4.69, 9.17) is 13.7 Å². The lowest BCUT2D eigenvalue weighted by Crippen LogP contribution is -2.46. The van der Waals surface area contributed by atoms with Gasteiger partial charge in [0, 0.05) is 19.7 Å². The minimum absolute atomic E-state index is 0.0643. The smallest absolute Gasteiger partial charge is 0.410 e. The Morgan fingerprint density at radius 3 is 2.53 bits per heavy atom. The van der Waals surface area contributed by atoms with E-state index in [0.29, 0.717) is 25.1 Å². The molecular formula is C27H33N3O7S. The number of nitriles is 1. The van der Waals surface area contributed by atoms with Gasteiger partial charge < -0.3 is 23.9 Å². The summed E-state index contributed by atoms with van der Waals surface area (Å²) in [6.45, 7) is 6.23. The molecule has 1 aliphatic heterocycles. The lowest BCUT2D eigenvalue weighted by atomic mass is 9.97. The van der Waals surface area contributed by atoms with Crippen LogP contribution in [0.25, 0.3) is 11.1 Å². The summed E-state index contributed by atoms with van der Waals surface area (Å²) >= 11 is 0. The largest absolute Gasteiger partial charge is 0.444 e. The van der Waals surface area contributed by atoms with Gasteiger partial charge in [-0.3, -0.25) is 4.79 Å². The van der Waals surface area contributed by atoms with E-state index in [2.05, 4.69) is 11.4 Å². The van der Waals surface area contributed by atoms with Crippen LogP contribution >= 0.6 is 0 Å². The molecule has 10 nitrogen and oxygen atoms in total. The average Bonchev–Trinajstić information content (AvgIpc) is 3.09. The van der Waals surface area contributed by atoms with Gasteiger partial charge in [0.25, 0.3) is 5.91 Å². The van der Waals surface area contributed by atoms with Crippen LogP contribution in [-0.4, -0.2) is 69.5 Å². The first-order chi connectivity index (χ1) is 17.8. The Kier molecular flexibility index (Phi) is 9.36. The van der Waals surface area contributed by atoms with Gasteiger partial charge in [0.05, 0.1) is 24.8 Å². The normalized spacial score (nSPS) is 17.0. The molecule has 3 rings (SSSR count). The molecule has 204 valence electrons. The van der Waals surface area contributed by atoms with Crippen molar-refractivity contribution in [3.63, 3.8) is 0 Å². The number of carbonyl (C=O) groups excluding carboxylic acids is 2. The second-order valence-corrected chi connectivity index (χ2v) is 11.6. The fraction of sp³-hybridized carbons (Fsp3) is 0.444. The summed E-state index contributed by atoms with van der Waals surface area (Å²) in [6, 6.07) is 16.1. The number of hydrogen-bond donors (Lipinski definition) is 1. The first-order valence-electron chi connectivity index (χ1n) is 12.2. The third kappa shape index (κ3) is 8.75. The highest BCUT2D eigenvalue weighted by Crippen LogP contribution is 2.26. The van der Waals surface area contributed by atoms with Crippen LogP contribution in [0, 0.1) is 11.3 Å². The maximum atomic E-state index is 12.8. The van der Waals surface area contributed by atoms with Crippen molar-refractivity contribution in [1.29, 1.82) is 5.26 Å². The van der Waals surface area contributed by atoms with E-state index in [9.17, 15) is 23.3 Å². The number of hydrogen-bond acceptors (Lipinski definition) is 8. The van der Waals surface area contributed by atoms with Crippen molar-refractivity contribution in [2.24, 2.45) is 0 Å². The van der Waals surface area contributed by atoms with Crippen LogP contribution in [0.4, 0.5) is 4.79 Å². The third-order valence-electron chi connectivity index (χ3n) is 5.59. The zero-order valence-electron chi connectivity index (χ0n) is 22.0. The molecule has 38 heavy (non-hydrogen) atoms. The molecule has 0 spiro atoms. The molecule has 1 unspecified atom stereocenters. The Labute approximate surface area is 223 Å². The van der Waals surface area contributed by atoms with Crippen LogP contribution < -0.4 is 9.50 Å². The molecule has 2 atom stereocenters. The monoisotopic (exact) mass is 543 g/mol. The van der Waals surface area contributed by atoms with Crippen LogP contribution in [0.1, 0.15) is 38.7 Å². The first kappa shape index (κ1) is 28.9. The predicted molar refractivity (Wildman–Crippen MR) is 141 cm³/mol. The Bertz CT molecular complexity index is 1280. The number of carbonyl (C=O) groups is 2. The van der Waals surface area contributed by atoms with Crippen molar-refractivity contribution in [3.8, 4) is 22.9 Å². The SMILES string of the molecule is CC(C)(C)OC(=O)N1CCCO[C@H](C(=O)NCC(C#N)c2ccc(-c3cccc(OS(C)(=O)=O)c3)cc2)C1. The summed E-state index contributed by atoms with van der Waals surface area (Å²) in [5, 5.41) is 12.5. The third-order valence-corrected chi connectivity index (χ3v) is 6.08. The van der Waals surface area contributed by atoms with Crippen molar-refractivity contribution in [2.75, 3.05) is 32.5 Å². The fourth-order valence-electron chi connectivity index (χ4n) is 3.84. The van der Waals surface area contributed by atoms with Gasteiger partial charge in [-0.1, -0.05) is 36.4 Å². The topological polar surface area (TPSA) is 135 Å². The number of benzene rings is 2. The molecule has 2 aromatic rings. The second kappa shape index (κ2) is 12.3. The number of ether oxygens (including phenoxy) is 2. The van der Waals surface area contributed by atoms with Crippen LogP contribution in [0.3, 0.4) is 0 Å². The van der Waals surface area contributed by atoms with Crippen LogP contribution in [0.15, 0.2) is 48.5 Å². The number of amides is 2.